The van der Waals surface area contributed by atoms with E-state index in [1.54, 1.807) is 7.11 Å². The highest BCUT2D eigenvalue weighted by molar-refractivity contribution is 14.0. The molecule has 2 heterocycles. The summed E-state index contributed by atoms with van der Waals surface area (Å²) in [6, 6.07) is 8.71. The number of hydrogen-bond donors (Lipinski definition) is 2. The average molecular weight is 531 g/mol. The van der Waals surface area contributed by atoms with Crippen LogP contribution in [0.3, 0.4) is 0 Å². The van der Waals surface area contributed by atoms with E-state index in [9.17, 15) is 0 Å². The molecule has 0 aromatic heterocycles. The second-order valence-electron chi connectivity index (χ2n) is 7.87. The molecule has 2 unspecified atom stereocenters. The molecule has 1 aromatic carbocycles. The molecule has 2 N–H and O–H groups in total. The van der Waals surface area contributed by atoms with Gasteiger partial charge in [0.2, 0.25) is 0 Å². The normalized spacial score (nSPS) is 21.1. The molecule has 0 aliphatic carbocycles. The number of para-hydroxylation sites is 2. The lowest BCUT2D eigenvalue weighted by Crippen LogP contribution is -2.45. The fourth-order valence-corrected chi connectivity index (χ4v) is 4.05. The number of anilines is 1. The lowest BCUT2D eigenvalue weighted by molar-refractivity contribution is 0.0220. The Morgan fingerprint density at radius 2 is 2.00 bits per heavy atom. The lowest BCUT2D eigenvalue weighted by atomic mass is 10.1. The number of aliphatic imine (C=N–C) groups is 1. The van der Waals surface area contributed by atoms with Gasteiger partial charge in [0.15, 0.2) is 5.96 Å². The zero-order chi connectivity index (χ0) is 20.5. The Morgan fingerprint density at radius 3 is 2.73 bits per heavy atom. The van der Waals surface area contributed by atoms with E-state index in [2.05, 4.69) is 46.4 Å². The molecule has 0 spiro atoms. The van der Waals surface area contributed by atoms with Crippen molar-refractivity contribution in [2.75, 3.05) is 71.0 Å². The molecular weight excluding hydrogens is 493 g/mol. The van der Waals surface area contributed by atoms with Crippen molar-refractivity contribution in [3.8, 4) is 5.75 Å². The van der Waals surface area contributed by atoms with Crippen LogP contribution in [-0.4, -0.2) is 83.0 Å². The largest absolute Gasteiger partial charge is 0.495 e. The van der Waals surface area contributed by atoms with E-state index in [0.717, 1.165) is 70.7 Å². The quantitative estimate of drug-likeness (QED) is 0.306. The van der Waals surface area contributed by atoms with Crippen LogP contribution >= 0.6 is 24.0 Å². The van der Waals surface area contributed by atoms with E-state index in [4.69, 9.17) is 14.5 Å². The predicted octanol–water partition coefficient (Wildman–Crippen LogP) is 2.42. The maximum atomic E-state index is 5.53. The van der Waals surface area contributed by atoms with E-state index in [1.165, 1.54) is 12.1 Å². The number of benzene rings is 1. The standard InChI is InChI=1S/C22H37N5O2.HI/c1-4-23-22(24-15-18(2)26-11-13-29-14-12-26)25-16-19-9-10-27(17-19)20-7-5-6-8-21(20)28-3;/h5-8,18-19H,4,9-17H2,1-3H3,(H2,23,24,25);1H. The SMILES string of the molecule is CCNC(=NCC(C)N1CCOCC1)NCC1CCN(c2ccccc2OC)C1.I. The predicted molar refractivity (Wildman–Crippen MR) is 135 cm³/mol. The van der Waals surface area contributed by atoms with Gasteiger partial charge in [0.05, 0.1) is 32.6 Å². The monoisotopic (exact) mass is 531 g/mol. The van der Waals surface area contributed by atoms with E-state index >= 15 is 0 Å². The lowest BCUT2D eigenvalue weighted by Gasteiger charge is -2.31. The number of nitrogens with one attached hydrogen (secondary N) is 2. The van der Waals surface area contributed by atoms with E-state index in [0.29, 0.717) is 12.0 Å². The number of nitrogens with zero attached hydrogens (tertiary/aromatic N) is 3. The van der Waals surface area contributed by atoms with Crippen molar-refractivity contribution in [2.45, 2.75) is 26.3 Å². The minimum absolute atomic E-state index is 0. The van der Waals surface area contributed by atoms with Gasteiger partial charge in [-0.3, -0.25) is 9.89 Å². The molecule has 2 aliphatic rings. The molecule has 1 aromatic rings. The van der Waals surface area contributed by atoms with Crippen molar-refractivity contribution in [2.24, 2.45) is 10.9 Å². The summed E-state index contributed by atoms with van der Waals surface area (Å²) in [5.74, 6) is 2.47. The van der Waals surface area contributed by atoms with Crippen LogP contribution in [0, 0.1) is 5.92 Å². The first-order chi connectivity index (χ1) is 14.2. The Balaban J connectivity index is 0.00000320. The summed E-state index contributed by atoms with van der Waals surface area (Å²) < 4.78 is 11.0. The topological polar surface area (TPSA) is 61.4 Å². The van der Waals surface area contributed by atoms with Gasteiger partial charge >= 0.3 is 0 Å². The molecule has 2 fully saturated rings. The molecule has 0 radical (unpaired) electrons. The third kappa shape index (κ3) is 7.16. The molecule has 3 rings (SSSR count). The first-order valence-electron chi connectivity index (χ1n) is 10.9. The van der Waals surface area contributed by atoms with Crippen molar-refractivity contribution in [1.29, 1.82) is 0 Å². The number of methoxy groups -OCH3 is 1. The second kappa shape index (κ2) is 13.2. The fraction of sp³-hybridized carbons (Fsp3) is 0.682. The minimum Gasteiger partial charge on any atom is -0.495 e. The van der Waals surface area contributed by atoms with E-state index in [-0.39, 0.29) is 24.0 Å². The molecule has 7 nitrogen and oxygen atoms in total. The van der Waals surface area contributed by atoms with Crippen molar-refractivity contribution < 1.29 is 9.47 Å². The molecule has 0 amide bonds. The molecule has 2 aliphatic heterocycles. The van der Waals surface area contributed by atoms with Crippen molar-refractivity contribution in [3.05, 3.63) is 24.3 Å². The van der Waals surface area contributed by atoms with Gasteiger partial charge in [-0.25, -0.2) is 0 Å². The number of halogens is 1. The Hall–Kier alpha value is -1.26. The van der Waals surface area contributed by atoms with Crippen LogP contribution in [0.4, 0.5) is 5.69 Å². The highest BCUT2D eigenvalue weighted by atomic mass is 127. The Kier molecular flexibility index (Phi) is 11.0. The molecule has 30 heavy (non-hydrogen) atoms. The number of rotatable bonds is 8. The molecular formula is C22H38IN5O2. The van der Waals surface area contributed by atoms with Gasteiger partial charge in [-0.05, 0) is 38.3 Å². The molecule has 170 valence electrons. The fourth-order valence-electron chi connectivity index (χ4n) is 4.05. The Bertz CT molecular complexity index is 654. The van der Waals surface area contributed by atoms with Gasteiger partial charge in [-0.15, -0.1) is 24.0 Å². The van der Waals surface area contributed by atoms with Crippen molar-refractivity contribution in [1.82, 2.24) is 15.5 Å². The molecule has 2 atom stereocenters. The van der Waals surface area contributed by atoms with Crippen molar-refractivity contribution >= 4 is 35.6 Å². The van der Waals surface area contributed by atoms with E-state index in [1.807, 2.05) is 12.1 Å². The summed E-state index contributed by atoms with van der Waals surface area (Å²) in [5, 5.41) is 6.95. The minimum atomic E-state index is 0. The highest BCUT2D eigenvalue weighted by Crippen LogP contribution is 2.31. The highest BCUT2D eigenvalue weighted by Gasteiger charge is 2.24. The van der Waals surface area contributed by atoms with Crippen LogP contribution in [0.1, 0.15) is 20.3 Å². The molecule has 0 saturated carbocycles. The van der Waals surface area contributed by atoms with Crippen LogP contribution in [0.2, 0.25) is 0 Å². The van der Waals surface area contributed by atoms with Crippen LogP contribution in [-0.2, 0) is 4.74 Å². The molecule has 2 saturated heterocycles. The first-order valence-corrected chi connectivity index (χ1v) is 10.9. The van der Waals surface area contributed by atoms with E-state index < -0.39 is 0 Å². The van der Waals surface area contributed by atoms with Gasteiger partial charge in [-0.1, -0.05) is 12.1 Å². The van der Waals surface area contributed by atoms with Crippen LogP contribution < -0.4 is 20.3 Å². The van der Waals surface area contributed by atoms with Gasteiger partial charge in [0.25, 0.3) is 0 Å². The summed E-state index contributed by atoms with van der Waals surface area (Å²) in [7, 11) is 1.74. The summed E-state index contributed by atoms with van der Waals surface area (Å²) in [6.07, 6.45) is 1.18. The van der Waals surface area contributed by atoms with Crippen LogP contribution in [0.5, 0.6) is 5.75 Å². The van der Waals surface area contributed by atoms with Crippen LogP contribution in [0.25, 0.3) is 0 Å². The Morgan fingerprint density at radius 1 is 1.23 bits per heavy atom. The first kappa shape index (κ1) is 25.0. The summed E-state index contributed by atoms with van der Waals surface area (Å²) in [6.45, 7) is 12.7. The number of hydrogen-bond acceptors (Lipinski definition) is 5. The second-order valence-corrected chi connectivity index (χ2v) is 7.87. The zero-order valence-electron chi connectivity index (χ0n) is 18.6. The van der Waals surface area contributed by atoms with Gasteiger partial charge in [-0.2, -0.15) is 0 Å². The summed E-state index contributed by atoms with van der Waals surface area (Å²) in [5.41, 5.74) is 1.19. The summed E-state index contributed by atoms with van der Waals surface area (Å²) in [4.78, 5) is 9.72. The number of ether oxygens (including phenoxy) is 2. The van der Waals surface area contributed by atoms with Crippen molar-refractivity contribution in [3.63, 3.8) is 0 Å². The smallest absolute Gasteiger partial charge is 0.191 e. The molecule has 8 heteroatoms. The van der Waals surface area contributed by atoms with Gasteiger partial charge in [0.1, 0.15) is 5.75 Å². The average Bonchev–Trinajstić information content (AvgIpc) is 3.25. The maximum Gasteiger partial charge on any atom is 0.191 e. The van der Waals surface area contributed by atoms with Crippen LogP contribution in [0.15, 0.2) is 29.3 Å². The third-order valence-electron chi connectivity index (χ3n) is 5.80. The van der Waals surface area contributed by atoms with Gasteiger partial charge < -0.3 is 25.0 Å². The Labute approximate surface area is 198 Å². The third-order valence-corrected chi connectivity index (χ3v) is 5.80. The maximum absolute atomic E-state index is 5.53. The zero-order valence-corrected chi connectivity index (χ0v) is 20.9. The number of morpholine rings is 1. The summed E-state index contributed by atoms with van der Waals surface area (Å²) >= 11 is 0. The van der Waals surface area contributed by atoms with Gasteiger partial charge in [0, 0.05) is 45.3 Å². The molecule has 0 bridgehead atoms. The number of guanidine groups is 1.